The highest BCUT2D eigenvalue weighted by atomic mass is 32.1. The Morgan fingerprint density at radius 2 is 2.17 bits per heavy atom. The standard InChI is InChI=1S/C13H9NO3S/c1-7-14-11(13(15)16)12(18-7)9-6-17-10-5-3-2-4-8(9)10/h2-6H,1H3,(H,15,16). The van der Waals surface area contributed by atoms with Crippen molar-refractivity contribution < 1.29 is 14.3 Å². The Morgan fingerprint density at radius 1 is 1.39 bits per heavy atom. The lowest BCUT2D eigenvalue weighted by Gasteiger charge is -1.95. The second-order valence-corrected chi connectivity index (χ2v) is 5.06. The van der Waals surface area contributed by atoms with E-state index in [-0.39, 0.29) is 5.69 Å². The number of hydrogen-bond acceptors (Lipinski definition) is 4. The summed E-state index contributed by atoms with van der Waals surface area (Å²) >= 11 is 1.36. The number of carboxylic acids is 1. The van der Waals surface area contributed by atoms with Crippen molar-refractivity contribution in [2.45, 2.75) is 6.92 Å². The minimum absolute atomic E-state index is 0.0871. The summed E-state index contributed by atoms with van der Waals surface area (Å²) in [5.74, 6) is -1.01. The van der Waals surface area contributed by atoms with E-state index < -0.39 is 5.97 Å². The lowest BCUT2D eigenvalue weighted by atomic mass is 10.1. The zero-order valence-electron chi connectivity index (χ0n) is 9.51. The first-order valence-electron chi connectivity index (χ1n) is 5.34. The number of carboxylic acid groups (broad SMARTS) is 1. The van der Waals surface area contributed by atoms with Crippen molar-refractivity contribution in [3.63, 3.8) is 0 Å². The third-order valence-electron chi connectivity index (χ3n) is 2.66. The number of hydrogen-bond donors (Lipinski definition) is 1. The molecule has 3 aromatic rings. The van der Waals surface area contributed by atoms with Crippen LogP contribution in [0.25, 0.3) is 21.4 Å². The van der Waals surface area contributed by atoms with Crippen molar-refractivity contribution >= 4 is 28.3 Å². The fraction of sp³-hybridized carbons (Fsp3) is 0.0769. The molecule has 3 rings (SSSR count). The summed E-state index contributed by atoms with van der Waals surface area (Å²) < 4.78 is 5.43. The van der Waals surface area contributed by atoms with Gasteiger partial charge in [-0.3, -0.25) is 0 Å². The van der Waals surface area contributed by atoms with Crippen molar-refractivity contribution in [2.75, 3.05) is 0 Å². The van der Waals surface area contributed by atoms with Gasteiger partial charge in [0, 0.05) is 10.9 Å². The van der Waals surface area contributed by atoms with Crippen LogP contribution in [0.3, 0.4) is 0 Å². The van der Waals surface area contributed by atoms with Crippen LogP contribution in [0.15, 0.2) is 34.9 Å². The van der Waals surface area contributed by atoms with Gasteiger partial charge in [-0.05, 0) is 13.0 Å². The van der Waals surface area contributed by atoms with Gasteiger partial charge in [0.2, 0.25) is 0 Å². The lowest BCUT2D eigenvalue weighted by Crippen LogP contribution is -1.98. The van der Waals surface area contributed by atoms with Crippen LogP contribution in [0.4, 0.5) is 0 Å². The first kappa shape index (κ1) is 11.0. The molecule has 0 radical (unpaired) electrons. The molecule has 0 amide bonds. The molecule has 0 aliphatic carbocycles. The van der Waals surface area contributed by atoms with Gasteiger partial charge in [-0.1, -0.05) is 18.2 Å². The number of aryl methyl sites for hydroxylation is 1. The molecule has 4 nitrogen and oxygen atoms in total. The maximum Gasteiger partial charge on any atom is 0.356 e. The molecule has 90 valence electrons. The maximum atomic E-state index is 11.2. The van der Waals surface area contributed by atoms with E-state index in [4.69, 9.17) is 9.52 Å². The first-order valence-corrected chi connectivity index (χ1v) is 6.16. The minimum atomic E-state index is -1.01. The van der Waals surface area contributed by atoms with Crippen LogP contribution in [0, 0.1) is 6.92 Å². The van der Waals surface area contributed by atoms with E-state index in [0.29, 0.717) is 4.88 Å². The number of aromatic nitrogens is 1. The fourth-order valence-corrected chi connectivity index (χ4v) is 2.84. The highest BCUT2D eigenvalue weighted by Gasteiger charge is 2.20. The first-order chi connectivity index (χ1) is 8.66. The molecule has 2 heterocycles. The van der Waals surface area contributed by atoms with Crippen LogP contribution >= 0.6 is 11.3 Å². The van der Waals surface area contributed by atoms with Crippen molar-refractivity contribution in [3.8, 4) is 10.4 Å². The van der Waals surface area contributed by atoms with E-state index in [1.54, 1.807) is 13.2 Å². The van der Waals surface area contributed by atoms with Crippen LogP contribution < -0.4 is 0 Å². The quantitative estimate of drug-likeness (QED) is 0.764. The number of para-hydroxylation sites is 1. The summed E-state index contributed by atoms with van der Waals surface area (Å²) in [7, 11) is 0. The predicted molar refractivity (Wildman–Crippen MR) is 69.0 cm³/mol. The number of fused-ring (bicyclic) bond motifs is 1. The predicted octanol–water partition coefficient (Wildman–Crippen LogP) is 3.56. The van der Waals surface area contributed by atoms with Gasteiger partial charge < -0.3 is 9.52 Å². The molecule has 0 aliphatic rings. The molecule has 5 heteroatoms. The minimum Gasteiger partial charge on any atom is -0.476 e. The van der Waals surface area contributed by atoms with Gasteiger partial charge in [-0.2, -0.15) is 0 Å². The number of aromatic carboxylic acids is 1. The molecule has 0 bridgehead atoms. The molecule has 0 unspecified atom stereocenters. The Labute approximate surface area is 107 Å². The highest BCUT2D eigenvalue weighted by molar-refractivity contribution is 7.15. The van der Waals surface area contributed by atoms with E-state index in [2.05, 4.69) is 4.98 Å². The summed E-state index contributed by atoms with van der Waals surface area (Å²) in [6, 6.07) is 7.54. The van der Waals surface area contributed by atoms with Gasteiger partial charge in [-0.25, -0.2) is 9.78 Å². The lowest BCUT2D eigenvalue weighted by molar-refractivity contribution is 0.0692. The average molecular weight is 259 g/mol. The zero-order chi connectivity index (χ0) is 12.7. The molecule has 0 spiro atoms. The van der Waals surface area contributed by atoms with Crippen molar-refractivity contribution in [2.24, 2.45) is 0 Å². The smallest absolute Gasteiger partial charge is 0.356 e. The SMILES string of the molecule is Cc1nc(C(=O)O)c(-c2coc3ccccc23)s1. The molecule has 0 atom stereocenters. The monoisotopic (exact) mass is 259 g/mol. The summed E-state index contributed by atoms with van der Waals surface area (Å²) in [4.78, 5) is 15.9. The molecule has 18 heavy (non-hydrogen) atoms. The molecule has 1 N–H and O–H groups in total. The van der Waals surface area contributed by atoms with Crippen LogP contribution in [-0.4, -0.2) is 16.1 Å². The summed E-state index contributed by atoms with van der Waals surface area (Å²) in [5.41, 5.74) is 1.62. The van der Waals surface area contributed by atoms with Gasteiger partial charge in [0.25, 0.3) is 0 Å². The molecule has 0 saturated heterocycles. The molecular formula is C13H9NO3S. The Kier molecular flexibility index (Phi) is 2.41. The molecule has 0 aliphatic heterocycles. The summed E-state index contributed by atoms with van der Waals surface area (Å²) in [6.07, 6.45) is 1.59. The third-order valence-corrected chi connectivity index (χ3v) is 3.67. The van der Waals surface area contributed by atoms with E-state index in [1.165, 1.54) is 11.3 Å². The van der Waals surface area contributed by atoms with E-state index >= 15 is 0 Å². The van der Waals surface area contributed by atoms with Crippen molar-refractivity contribution in [1.82, 2.24) is 4.98 Å². The number of carbonyl (C=O) groups is 1. The third kappa shape index (κ3) is 1.60. The number of rotatable bonds is 2. The fourth-order valence-electron chi connectivity index (χ4n) is 1.91. The average Bonchev–Trinajstić information content (AvgIpc) is 2.92. The number of thiazole rings is 1. The van der Waals surface area contributed by atoms with Crippen molar-refractivity contribution in [1.29, 1.82) is 0 Å². The van der Waals surface area contributed by atoms with Crippen LogP contribution in [0.5, 0.6) is 0 Å². The second kappa shape index (κ2) is 3.96. The number of furan rings is 1. The van der Waals surface area contributed by atoms with Crippen LogP contribution in [-0.2, 0) is 0 Å². The maximum absolute atomic E-state index is 11.2. The summed E-state index contributed by atoms with van der Waals surface area (Å²) in [6.45, 7) is 1.79. The molecule has 0 fully saturated rings. The van der Waals surface area contributed by atoms with Gasteiger partial charge in [-0.15, -0.1) is 11.3 Å². The van der Waals surface area contributed by atoms with E-state index in [1.807, 2.05) is 24.3 Å². The Balaban J connectivity index is 2.29. The van der Waals surface area contributed by atoms with Gasteiger partial charge >= 0.3 is 5.97 Å². The van der Waals surface area contributed by atoms with Gasteiger partial charge in [0.1, 0.15) is 11.8 Å². The number of benzene rings is 1. The van der Waals surface area contributed by atoms with E-state index in [9.17, 15) is 4.79 Å². The van der Waals surface area contributed by atoms with Crippen molar-refractivity contribution in [3.05, 3.63) is 41.2 Å². The largest absolute Gasteiger partial charge is 0.476 e. The zero-order valence-corrected chi connectivity index (χ0v) is 10.3. The normalized spacial score (nSPS) is 10.9. The topological polar surface area (TPSA) is 63.3 Å². The van der Waals surface area contributed by atoms with Gasteiger partial charge in [0.05, 0.1) is 9.88 Å². The highest BCUT2D eigenvalue weighted by Crippen LogP contribution is 2.36. The van der Waals surface area contributed by atoms with E-state index in [0.717, 1.165) is 21.5 Å². The molecular weight excluding hydrogens is 250 g/mol. The van der Waals surface area contributed by atoms with Gasteiger partial charge in [0.15, 0.2) is 5.69 Å². The molecule has 2 aromatic heterocycles. The number of nitrogens with zero attached hydrogens (tertiary/aromatic N) is 1. The Morgan fingerprint density at radius 3 is 2.94 bits per heavy atom. The second-order valence-electron chi connectivity index (χ2n) is 3.86. The Hall–Kier alpha value is -2.14. The van der Waals surface area contributed by atoms with Crippen LogP contribution in [0.2, 0.25) is 0 Å². The molecule has 1 aromatic carbocycles. The van der Waals surface area contributed by atoms with Crippen LogP contribution in [0.1, 0.15) is 15.5 Å². The summed E-state index contributed by atoms with van der Waals surface area (Å²) in [5, 5.41) is 10.8. The molecule has 0 saturated carbocycles. The Bertz CT molecular complexity index is 742.